The van der Waals surface area contributed by atoms with E-state index in [2.05, 4.69) is 18.4 Å². The molecule has 1 aliphatic heterocycles. The zero-order valence-electron chi connectivity index (χ0n) is 9.55. The molecular formula is C13H20O2. The summed E-state index contributed by atoms with van der Waals surface area (Å²) < 4.78 is 11.4. The van der Waals surface area contributed by atoms with Gasteiger partial charge in [-0.3, -0.25) is 0 Å². The lowest BCUT2D eigenvalue weighted by Crippen LogP contribution is -2.29. The van der Waals surface area contributed by atoms with Gasteiger partial charge in [0.25, 0.3) is 0 Å². The van der Waals surface area contributed by atoms with Crippen molar-refractivity contribution in [2.24, 2.45) is 0 Å². The third-order valence-corrected chi connectivity index (χ3v) is 2.58. The van der Waals surface area contributed by atoms with Gasteiger partial charge in [-0.2, -0.15) is 0 Å². The summed E-state index contributed by atoms with van der Waals surface area (Å²) >= 11 is 0. The smallest absolute Gasteiger partial charge is 0.168 e. The summed E-state index contributed by atoms with van der Waals surface area (Å²) in [4.78, 5) is 0. The van der Waals surface area contributed by atoms with E-state index in [1.807, 2.05) is 13.0 Å². The minimum atomic E-state index is -0.344. The number of unbranched alkanes of at least 4 members (excludes halogenated alkanes) is 1. The van der Waals surface area contributed by atoms with E-state index in [4.69, 9.17) is 9.47 Å². The van der Waals surface area contributed by atoms with Gasteiger partial charge in [0.2, 0.25) is 0 Å². The summed E-state index contributed by atoms with van der Waals surface area (Å²) in [6.07, 6.45) is 6.68. The van der Waals surface area contributed by atoms with Crippen LogP contribution in [0.1, 0.15) is 39.0 Å². The van der Waals surface area contributed by atoms with Gasteiger partial charge < -0.3 is 9.47 Å². The standard InChI is InChI=1S/C13H20O2/c1-3-5-7-8-10-13(9-6-4-2)14-11-12-15-13/h4H,2,6-12H2,1H3. The first-order valence-corrected chi connectivity index (χ1v) is 5.61. The predicted octanol–water partition coefficient (Wildman–Crippen LogP) is 2.89. The molecule has 2 nitrogen and oxygen atoms in total. The number of allylic oxidation sites excluding steroid dienone is 1. The van der Waals surface area contributed by atoms with Crippen LogP contribution in [0, 0.1) is 11.8 Å². The third-order valence-electron chi connectivity index (χ3n) is 2.58. The molecular weight excluding hydrogens is 188 g/mol. The maximum absolute atomic E-state index is 5.70. The average molecular weight is 208 g/mol. The first-order valence-electron chi connectivity index (χ1n) is 5.61. The van der Waals surface area contributed by atoms with Crippen LogP contribution in [0.25, 0.3) is 0 Å². The molecule has 0 amide bonds. The van der Waals surface area contributed by atoms with Gasteiger partial charge in [0.05, 0.1) is 13.2 Å². The lowest BCUT2D eigenvalue weighted by atomic mass is 10.0. The molecule has 0 bridgehead atoms. The van der Waals surface area contributed by atoms with Crippen molar-refractivity contribution in [2.45, 2.75) is 44.8 Å². The summed E-state index contributed by atoms with van der Waals surface area (Å²) in [6, 6.07) is 0. The highest BCUT2D eigenvalue weighted by atomic mass is 16.7. The molecule has 0 unspecified atom stereocenters. The van der Waals surface area contributed by atoms with Crippen molar-refractivity contribution in [3.63, 3.8) is 0 Å². The minimum absolute atomic E-state index is 0.344. The Bertz CT molecular complexity index is 241. The first kappa shape index (κ1) is 12.3. The highest BCUT2D eigenvalue weighted by Crippen LogP contribution is 2.30. The van der Waals surface area contributed by atoms with Crippen LogP contribution in [0.15, 0.2) is 12.7 Å². The zero-order valence-corrected chi connectivity index (χ0v) is 9.55. The van der Waals surface area contributed by atoms with Gasteiger partial charge in [-0.15, -0.1) is 18.4 Å². The molecule has 1 rings (SSSR count). The molecule has 0 spiro atoms. The minimum Gasteiger partial charge on any atom is -0.348 e. The van der Waals surface area contributed by atoms with E-state index in [0.29, 0.717) is 0 Å². The maximum atomic E-state index is 5.70. The molecule has 15 heavy (non-hydrogen) atoms. The molecule has 0 saturated carbocycles. The van der Waals surface area contributed by atoms with Gasteiger partial charge in [0.1, 0.15) is 0 Å². The monoisotopic (exact) mass is 208 g/mol. The molecule has 1 aliphatic rings. The lowest BCUT2D eigenvalue weighted by Gasteiger charge is -2.26. The molecule has 0 aliphatic carbocycles. The van der Waals surface area contributed by atoms with E-state index in [-0.39, 0.29) is 5.79 Å². The zero-order chi connectivity index (χ0) is 11.0. The first-order chi connectivity index (χ1) is 7.33. The van der Waals surface area contributed by atoms with Crippen LogP contribution in [0.4, 0.5) is 0 Å². The molecule has 1 saturated heterocycles. The summed E-state index contributed by atoms with van der Waals surface area (Å²) in [7, 11) is 0. The number of hydrogen-bond acceptors (Lipinski definition) is 2. The van der Waals surface area contributed by atoms with Gasteiger partial charge in [0, 0.05) is 19.3 Å². The summed E-state index contributed by atoms with van der Waals surface area (Å²) in [5, 5.41) is 0. The molecule has 2 heteroatoms. The van der Waals surface area contributed by atoms with Crippen molar-refractivity contribution >= 4 is 0 Å². The molecule has 0 N–H and O–H groups in total. The van der Waals surface area contributed by atoms with Crippen LogP contribution in [0.2, 0.25) is 0 Å². The van der Waals surface area contributed by atoms with Gasteiger partial charge in [0.15, 0.2) is 5.79 Å². The van der Waals surface area contributed by atoms with Crippen LogP contribution in [0.5, 0.6) is 0 Å². The molecule has 0 aromatic carbocycles. The lowest BCUT2D eigenvalue weighted by molar-refractivity contribution is -0.166. The van der Waals surface area contributed by atoms with Gasteiger partial charge in [-0.1, -0.05) is 6.08 Å². The normalized spacial score (nSPS) is 18.2. The topological polar surface area (TPSA) is 18.5 Å². The molecule has 0 aromatic heterocycles. The van der Waals surface area contributed by atoms with Crippen LogP contribution < -0.4 is 0 Å². The van der Waals surface area contributed by atoms with Crippen molar-refractivity contribution in [3.8, 4) is 11.8 Å². The number of hydrogen-bond donors (Lipinski definition) is 0. The largest absolute Gasteiger partial charge is 0.348 e. The second-order valence-electron chi connectivity index (χ2n) is 3.72. The molecule has 0 radical (unpaired) electrons. The molecule has 1 heterocycles. The highest BCUT2D eigenvalue weighted by molar-refractivity contribution is 4.95. The fraction of sp³-hybridized carbons (Fsp3) is 0.692. The SMILES string of the molecule is C=CCCC1(CCCC#CC)OCCO1. The fourth-order valence-electron chi connectivity index (χ4n) is 1.80. The van der Waals surface area contributed by atoms with Gasteiger partial charge in [-0.05, 0) is 19.8 Å². The van der Waals surface area contributed by atoms with E-state index in [9.17, 15) is 0 Å². The molecule has 84 valence electrons. The Balaban J connectivity index is 2.34. The fourth-order valence-corrected chi connectivity index (χ4v) is 1.80. The second kappa shape index (κ2) is 6.66. The van der Waals surface area contributed by atoms with Crippen molar-refractivity contribution in [1.82, 2.24) is 0 Å². The third kappa shape index (κ3) is 4.07. The van der Waals surface area contributed by atoms with Gasteiger partial charge >= 0.3 is 0 Å². The van der Waals surface area contributed by atoms with E-state index in [1.54, 1.807) is 0 Å². The molecule has 0 atom stereocenters. The Morgan fingerprint density at radius 3 is 2.67 bits per heavy atom. The number of rotatable bonds is 6. The van der Waals surface area contributed by atoms with Gasteiger partial charge in [-0.25, -0.2) is 0 Å². The Kier molecular flexibility index (Phi) is 5.45. The summed E-state index contributed by atoms with van der Waals surface area (Å²) in [6.45, 7) is 7.04. The summed E-state index contributed by atoms with van der Waals surface area (Å²) in [5.74, 6) is 5.62. The summed E-state index contributed by atoms with van der Waals surface area (Å²) in [5.41, 5.74) is 0. The van der Waals surface area contributed by atoms with Crippen molar-refractivity contribution in [1.29, 1.82) is 0 Å². The predicted molar refractivity (Wildman–Crippen MR) is 61.4 cm³/mol. The van der Waals surface area contributed by atoms with Crippen LogP contribution in [-0.4, -0.2) is 19.0 Å². The van der Waals surface area contributed by atoms with E-state index in [1.165, 1.54) is 0 Å². The quantitative estimate of drug-likeness (QED) is 0.379. The highest BCUT2D eigenvalue weighted by Gasteiger charge is 2.34. The Morgan fingerprint density at radius 2 is 2.07 bits per heavy atom. The second-order valence-corrected chi connectivity index (χ2v) is 3.72. The molecule has 1 fully saturated rings. The maximum Gasteiger partial charge on any atom is 0.168 e. The van der Waals surface area contributed by atoms with Crippen LogP contribution in [0.3, 0.4) is 0 Å². The number of ether oxygens (including phenoxy) is 2. The van der Waals surface area contributed by atoms with E-state index >= 15 is 0 Å². The van der Waals surface area contributed by atoms with Crippen LogP contribution in [-0.2, 0) is 9.47 Å². The van der Waals surface area contributed by atoms with E-state index < -0.39 is 0 Å². The Labute approximate surface area is 92.6 Å². The van der Waals surface area contributed by atoms with E-state index in [0.717, 1.165) is 45.3 Å². The van der Waals surface area contributed by atoms with Crippen molar-refractivity contribution in [3.05, 3.63) is 12.7 Å². The Hall–Kier alpha value is -0.780. The average Bonchev–Trinajstić information content (AvgIpc) is 2.71. The molecule has 0 aromatic rings. The van der Waals surface area contributed by atoms with Crippen LogP contribution >= 0.6 is 0 Å². The van der Waals surface area contributed by atoms with Crippen molar-refractivity contribution in [2.75, 3.05) is 13.2 Å². The van der Waals surface area contributed by atoms with Crippen molar-refractivity contribution < 1.29 is 9.47 Å². The Morgan fingerprint density at radius 1 is 1.33 bits per heavy atom.